The molecule has 0 saturated carbocycles. The summed E-state index contributed by atoms with van der Waals surface area (Å²) >= 11 is 0. The van der Waals surface area contributed by atoms with Crippen LogP contribution < -0.4 is 5.73 Å². The van der Waals surface area contributed by atoms with Crippen LogP contribution in [-0.2, 0) is 10.4 Å². The van der Waals surface area contributed by atoms with E-state index in [1.165, 1.54) is 24.3 Å². The highest BCUT2D eigenvalue weighted by Gasteiger charge is 2.33. The van der Waals surface area contributed by atoms with E-state index in [1.807, 2.05) is 0 Å². The smallest absolute Gasteiger partial charge is 0.254 e. The molecular formula is C10H13NO3. The second-order valence-electron chi connectivity index (χ2n) is 3.12. The molecule has 0 radical (unpaired) electrons. The van der Waals surface area contributed by atoms with Gasteiger partial charge in [-0.1, -0.05) is 19.1 Å². The topological polar surface area (TPSA) is 83.5 Å². The monoisotopic (exact) mass is 195 g/mol. The minimum Gasteiger partial charge on any atom is -0.508 e. The van der Waals surface area contributed by atoms with Gasteiger partial charge in [-0.3, -0.25) is 4.79 Å². The SMILES string of the molecule is CCC(O)(C(N)=O)c1ccc(O)cc1. The van der Waals surface area contributed by atoms with E-state index in [4.69, 9.17) is 10.8 Å². The standard InChI is InChI=1S/C10H13NO3/c1-2-10(14,9(11)13)7-3-5-8(12)6-4-7/h3-6,12,14H,2H2,1H3,(H2,11,13). The number of carbonyl (C=O) groups is 1. The lowest BCUT2D eigenvalue weighted by Gasteiger charge is -2.23. The van der Waals surface area contributed by atoms with Gasteiger partial charge in [-0.05, 0) is 24.1 Å². The predicted octanol–water partition coefficient (Wildman–Crippen LogP) is 0.475. The Labute approximate surface area is 82.0 Å². The van der Waals surface area contributed by atoms with E-state index in [9.17, 15) is 9.90 Å². The first-order chi connectivity index (χ1) is 6.50. The normalized spacial score (nSPS) is 14.7. The van der Waals surface area contributed by atoms with Crippen molar-refractivity contribution >= 4 is 5.91 Å². The third-order valence-corrected chi connectivity index (χ3v) is 2.26. The first-order valence-electron chi connectivity index (χ1n) is 4.32. The highest BCUT2D eigenvalue weighted by molar-refractivity contribution is 5.84. The zero-order valence-corrected chi connectivity index (χ0v) is 7.90. The van der Waals surface area contributed by atoms with E-state index >= 15 is 0 Å². The molecule has 0 fully saturated rings. The summed E-state index contributed by atoms with van der Waals surface area (Å²) in [4.78, 5) is 11.0. The molecule has 0 aliphatic heterocycles. The third-order valence-electron chi connectivity index (χ3n) is 2.26. The number of benzene rings is 1. The van der Waals surface area contributed by atoms with Gasteiger partial charge in [0, 0.05) is 0 Å². The minimum atomic E-state index is -1.65. The van der Waals surface area contributed by atoms with E-state index in [1.54, 1.807) is 6.92 Å². The summed E-state index contributed by atoms with van der Waals surface area (Å²) in [6.45, 7) is 1.66. The van der Waals surface area contributed by atoms with Crippen molar-refractivity contribution in [2.75, 3.05) is 0 Å². The molecule has 0 aliphatic carbocycles. The zero-order valence-electron chi connectivity index (χ0n) is 7.90. The van der Waals surface area contributed by atoms with Gasteiger partial charge in [0.2, 0.25) is 0 Å². The Morgan fingerprint density at radius 1 is 1.43 bits per heavy atom. The number of phenolic OH excluding ortho intramolecular Hbond substituents is 1. The molecule has 1 atom stereocenters. The van der Waals surface area contributed by atoms with E-state index in [0.717, 1.165) is 0 Å². The summed E-state index contributed by atoms with van der Waals surface area (Å²) < 4.78 is 0. The van der Waals surface area contributed by atoms with Crippen molar-refractivity contribution in [3.05, 3.63) is 29.8 Å². The summed E-state index contributed by atoms with van der Waals surface area (Å²) in [6.07, 6.45) is 0.201. The fourth-order valence-corrected chi connectivity index (χ4v) is 1.26. The molecule has 0 aliphatic rings. The molecule has 0 spiro atoms. The van der Waals surface area contributed by atoms with Crippen molar-refractivity contribution in [1.82, 2.24) is 0 Å². The van der Waals surface area contributed by atoms with Gasteiger partial charge in [-0.25, -0.2) is 0 Å². The largest absolute Gasteiger partial charge is 0.508 e. The van der Waals surface area contributed by atoms with Crippen LogP contribution in [0.25, 0.3) is 0 Å². The number of aliphatic hydroxyl groups is 1. The maximum Gasteiger partial charge on any atom is 0.254 e. The summed E-state index contributed by atoms with van der Waals surface area (Å²) in [5.74, 6) is -0.706. The Balaban J connectivity index is 3.13. The molecule has 0 bridgehead atoms. The van der Waals surface area contributed by atoms with E-state index in [0.29, 0.717) is 5.56 Å². The van der Waals surface area contributed by atoms with Crippen LogP contribution in [0, 0.1) is 0 Å². The highest BCUT2D eigenvalue weighted by atomic mass is 16.3. The van der Waals surface area contributed by atoms with Gasteiger partial charge in [0.05, 0.1) is 0 Å². The second kappa shape index (κ2) is 3.67. The first kappa shape index (κ1) is 10.5. The Bertz CT molecular complexity index is 334. The fourth-order valence-electron chi connectivity index (χ4n) is 1.26. The van der Waals surface area contributed by atoms with Gasteiger partial charge >= 0.3 is 0 Å². The van der Waals surface area contributed by atoms with Crippen LogP contribution in [-0.4, -0.2) is 16.1 Å². The fraction of sp³-hybridized carbons (Fsp3) is 0.300. The molecular weight excluding hydrogens is 182 g/mol. The molecule has 1 aromatic carbocycles. The van der Waals surface area contributed by atoms with Gasteiger partial charge in [0.1, 0.15) is 5.75 Å². The Morgan fingerprint density at radius 3 is 2.29 bits per heavy atom. The number of rotatable bonds is 3. The number of hydrogen-bond donors (Lipinski definition) is 3. The second-order valence-corrected chi connectivity index (χ2v) is 3.12. The molecule has 14 heavy (non-hydrogen) atoms. The van der Waals surface area contributed by atoms with Gasteiger partial charge in [-0.2, -0.15) is 0 Å². The highest BCUT2D eigenvalue weighted by Crippen LogP contribution is 2.25. The number of amides is 1. The molecule has 1 aromatic rings. The Kier molecular flexibility index (Phi) is 2.76. The van der Waals surface area contributed by atoms with Crippen molar-refractivity contribution in [2.45, 2.75) is 18.9 Å². The van der Waals surface area contributed by atoms with Crippen LogP contribution in [0.5, 0.6) is 5.75 Å². The van der Waals surface area contributed by atoms with E-state index < -0.39 is 11.5 Å². The van der Waals surface area contributed by atoms with E-state index in [-0.39, 0.29) is 12.2 Å². The lowest BCUT2D eigenvalue weighted by atomic mass is 9.90. The number of nitrogens with two attached hydrogens (primary N) is 1. The summed E-state index contributed by atoms with van der Waals surface area (Å²) in [6, 6.07) is 5.75. The maximum atomic E-state index is 11.0. The minimum absolute atomic E-state index is 0.0803. The molecule has 1 rings (SSSR count). The van der Waals surface area contributed by atoms with Crippen molar-refractivity contribution in [1.29, 1.82) is 0 Å². The number of hydrogen-bond acceptors (Lipinski definition) is 3. The number of carbonyl (C=O) groups excluding carboxylic acids is 1. The molecule has 4 nitrogen and oxygen atoms in total. The molecule has 0 heterocycles. The molecule has 0 saturated heterocycles. The Morgan fingerprint density at radius 2 is 1.93 bits per heavy atom. The number of phenols is 1. The van der Waals surface area contributed by atoms with Crippen LogP contribution in [0.4, 0.5) is 0 Å². The van der Waals surface area contributed by atoms with Crippen LogP contribution in [0.1, 0.15) is 18.9 Å². The maximum absolute atomic E-state index is 11.0. The first-order valence-corrected chi connectivity index (χ1v) is 4.32. The predicted molar refractivity (Wildman–Crippen MR) is 51.5 cm³/mol. The number of aromatic hydroxyl groups is 1. The average molecular weight is 195 g/mol. The van der Waals surface area contributed by atoms with Crippen LogP contribution in [0.15, 0.2) is 24.3 Å². The Hall–Kier alpha value is -1.55. The number of primary amides is 1. The molecule has 1 unspecified atom stereocenters. The summed E-state index contributed by atoms with van der Waals surface area (Å²) in [7, 11) is 0. The van der Waals surface area contributed by atoms with Crippen LogP contribution in [0.2, 0.25) is 0 Å². The average Bonchev–Trinajstić information content (AvgIpc) is 2.17. The molecule has 4 N–H and O–H groups in total. The van der Waals surface area contributed by atoms with E-state index in [2.05, 4.69) is 0 Å². The lowest BCUT2D eigenvalue weighted by Crippen LogP contribution is -2.40. The quantitative estimate of drug-likeness (QED) is 0.655. The molecule has 4 heteroatoms. The summed E-state index contributed by atoms with van der Waals surface area (Å²) in [5.41, 5.74) is 3.85. The zero-order chi connectivity index (χ0) is 10.8. The van der Waals surface area contributed by atoms with Gasteiger partial charge < -0.3 is 15.9 Å². The molecule has 0 aromatic heterocycles. The van der Waals surface area contributed by atoms with Gasteiger partial charge in [0.25, 0.3) is 5.91 Å². The van der Waals surface area contributed by atoms with Crippen molar-refractivity contribution in [2.24, 2.45) is 5.73 Å². The molecule has 1 amide bonds. The molecule has 76 valence electrons. The summed E-state index contributed by atoms with van der Waals surface area (Å²) in [5, 5.41) is 18.9. The third kappa shape index (κ3) is 1.70. The lowest BCUT2D eigenvalue weighted by molar-refractivity contribution is -0.137. The van der Waals surface area contributed by atoms with Gasteiger partial charge in [-0.15, -0.1) is 0 Å². The van der Waals surface area contributed by atoms with Crippen LogP contribution >= 0.6 is 0 Å². The van der Waals surface area contributed by atoms with Crippen molar-refractivity contribution < 1.29 is 15.0 Å². The van der Waals surface area contributed by atoms with Crippen LogP contribution in [0.3, 0.4) is 0 Å². The van der Waals surface area contributed by atoms with Gasteiger partial charge in [0.15, 0.2) is 5.60 Å². The van der Waals surface area contributed by atoms with Crippen molar-refractivity contribution in [3.63, 3.8) is 0 Å². The van der Waals surface area contributed by atoms with Crippen molar-refractivity contribution in [3.8, 4) is 5.75 Å².